The van der Waals surface area contributed by atoms with Crippen molar-refractivity contribution in [3.05, 3.63) is 83.2 Å². The minimum atomic E-state index is -4.62. The van der Waals surface area contributed by atoms with Crippen LogP contribution in [0.25, 0.3) is 5.69 Å². The van der Waals surface area contributed by atoms with Crippen LogP contribution in [0, 0.1) is 11.6 Å². The Kier molecular flexibility index (Phi) is 5.72. The van der Waals surface area contributed by atoms with Crippen molar-refractivity contribution in [3.63, 3.8) is 0 Å². The lowest BCUT2D eigenvalue weighted by Gasteiger charge is -2.15. The van der Waals surface area contributed by atoms with Gasteiger partial charge in [0.05, 0.1) is 11.3 Å². The summed E-state index contributed by atoms with van der Waals surface area (Å²) in [5.41, 5.74) is -0.209. The summed E-state index contributed by atoms with van der Waals surface area (Å²) in [4.78, 5) is 0. The standard InChI is InChI=1S/C21H18F5NO/c1-2-6-14-11-17(22)20(18(23)12-14)28-13-19-16(21(24,25)26)9-10-27(19)15-7-4-3-5-8-15/h3-5,7-12H,2,6,13H2,1H3. The van der Waals surface area contributed by atoms with Gasteiger partial charge in [-0.3, -0.25) is 0 Å². The summed E-state index contributed by atoms with van der Waals surface area (Å²) in [5.74, 6) is -2.56. The van der Waals surface area contributed by atoms with Gasteiger partial charge in [-0.15, -0.1) is 0 Å². The SMILES string of the molecule is CCCc1cc(F)c(OCc2c(C(F)(F)F)ccn2-c2ccccc2)c(F)c1. The molecule has 0 spiro atoms. The summed E-state index contributed by atoms with van der Waals surface area (Å²) in [7, 11) is 0. The van der Waals surface area contributed by atoms with Gasteiger partial charge < -0.3 is 9.30 Å². The van der Waals surface area contributed by atoms with E-state index >= 15 is 0 Å². The van der Waals surface area contributed by atoms with E-state index < -0.39 is 35.7 Å². The molecule has 3 aromatic rings. The lowest BCUT2D eigenvalue weighted by atomic mass is 10.1. The smallest absolute Gasteiger partial charge is 0.418 e. The summed E-state index contributed by atoms with van der Waals surface area (Å²) in [5, 5.41) is 0. The molecule has 0 bridgehead atoms. The normalized spacial score (nSPS) is 11.6. The van der Waals surface area contributed by atoms with Crippen LogP contribution >= 0.6 is 0 Å². The zero-order valence-electron chi connectivity index (χ0n) is 15.1. The Morgan fingerprint density at radius 3 is 2.18 bits per heavy atom. The van der Waals surface area contributed by atoms with E-state index in [9.17, 15) is 22.0 Å². The van der Waals surface area contributed by atoms with E-state index in [0.29, 0.717) is 24.1 Å². The fourth-order valence-electron chi connectivity index (χ4n) is 3.02. The second-order valence-corrected chi connectivity index (χ2v) is 6.31. The maximum atomic E-state index is 14.2. The van der Waals surface area contributed by atoms with Crippen molar-refractivity contribution in [1.82, 2.24) is 4.57 Å². The fraction of sp³-hybridized carbons (Fsp3) is 0.238. The number of benzene rings is 2. The molecule has 0 aliphatic heterocycles. The molecular formula is C21H18F5NO. The highest BCUT2D eigenvalue weighted by Crippen LogP contribution is 2.35. The lowest BCUT2D eigenvalue weighted by molar-refractivity contribution is -0.138. The average Bonchev–Trinajstić information content (AvgIpc) is 3.06. The van der Waals surface area contributed by atoms with Crippen LogP contribution in [0.3, 0.4) is 0 Å². The van der Waals surface area contributed by atoms with Crippen molar-refractivity contribution >= 4 is 0 Å². The van der Waals surface area contributed by atoms with Crippen LogP contribution in [0.15, 0.2) is 54.7 Å². The number of aryl methyl sites for hydroxylation is 1. The number of aromatic nitrogens is 1. The van der Waals surface area contributed by atoms with Crippen molar-refractivity contribution in [2.45, 2.75) is 32.5 Å². The van der Waals surface area contributed by atoms with Crippen LogP contribution in [-0.4, -0.2) is 4.57 Å². The maximum Gasteiger partial charge on any atom is 0.418 e. The minimum Gasteiger partial charge on any atom is -0.481 e. The molecule has 0 saturated carbocycles. The van der Waals surface area contributed by atoms with Crippen molar-refractivity contribution in [3.8, 4) is 11.4 Å². The average molecular weight is 395 g/mol. The molecule has 0 saturated heterocycles. The van der Waals surface area contributed by atoms with Gasteiger partial charge in [-0.2, -0.15) is 13.2 Å². The molecule has 0 fully saturated rings. The molecule has 1 heterocycles. The van der Waals surface area contributed by atoms with Gasteiger partial charge in [-0.25, -0.2) is 8.78 Å². The maximum absolute atomic E-state index is 14.2. The molecule has 0 aliphatic rings. The Labute approximate surface area is 159 Å². The number of hydrogen-bond acceptors (Lipinski definition) is 1. The largest absolute Gasteiger partial charge is 0.481 e. The fourth-order valence-corrected chi connectivity index (χ4v) is 3.02. The zero-order valence-corrected chi connectivity index (χ0v) is 15.1. The van der Waals surface area contributed by atoms with Gasteiger partial charge in [0.2, 0.25) is 0 Å². The van der Waals surface area contributed by atoms with Crippen LogP contribution in [0.4, 0.5) is 22.0 Å². The lowest BCUT2D eigenvalue weighted by Crippen LogP contribution is -2.13. The monoisotopic (exact) mass is 395 g/mol. The number of para-hydroxylation sites is 1. The van der Waals surface area contributed by atoms with Crippen LogP contribution < -0.4 is 4.74 Å². The Morgan fingerprint density at radius 2 is 1.61 bits per heavy atom. The van der Waals surface area contributed by atoms with Crippen LogP contribution in [-0.2, 0) is 19.2 Å². The van der Waals surface area contributed by atoms with Gasteiger partial charge >= 0.3 is 6.18 Å². The molecule has 0 amide bonds. The predicted octanol–water partition coefficient (Wildman–Crippen LogP) is 6.31. The second kappa shape index (κ2) is 8.04. The van der Waals surface area contributed by atoms with Crippen molar-refractivity contribution in [2.24, 2.45) is 0 Å². The predicted molar refractivity (Wildman–Crippen MR) is 95.5 cm³/mol. The van der Waals surface area contributed by atoms with Crippen molar-refractivity contribution in [2.75, 3.05) is 0 Å². The first-order valence-corrected chi connectivity index (χ1v) is 8.74. The van der Waals surface area contributed by atoms with E-state index in [1.54, 1.807) is 30.3 Å². The van der Waals surface area contributed by atoms with E-state index in [0.717, 1.165) is 18.2 Å². The highest BCUT2D eigenvalue weighted by molar-refractivity contribution is 5.39. The van der Waals surface area contributed by atoms with Gasteiger partial charge in [0.1, 0.15) is 6.61 Å². The first-order chi connectivity index (χ1) is 13.3. The molecule has 1 aromatic heterocycles. The van der Waals surface area contributed by atoms with E-state index in [1.165, 1.54) is 10.8 Å². The highest BCUT2D eigenvalue weighted by Gasteiger charge is 2.35. The highest BCUT2D eigenvalue weighted by atomic mass is 19.4. The third kappa shape index (κ3) is 4.18. The second-order valence-electron chi connectivity index (χ2n) is 6.31. The molecule has 2 aromatic carbocycles. The Balaban J connectivity index is 1.95. The van der Waals surface area contributed by atoms with E-state index in [1.807, 2.05) is 6.92 Å². The minimum absolute atomic E-state index is 0.241. The Hall–Kier alpha value is -2.83. The number of ether oxygens (including phenoxy) is 1. The zero-order chi connectivity index (χ0) is 20.3. The molecule has 0 N–H and O–H groups in total. The number of halogens is 5. The van der Waals surface area contributed by atoms with Crippen LogP contribution in [0.1, 0.15) is 30.2 Å². The molecule has 0 unspecified atom stereocenters. The van der Waals surface area contributed by atoms with E-state index in [-0.39, 0.29) is 5.69 Å². The number of nitrogens with zero attached hydrogens (tertiary/aromatic N) is 1. The van der Waals surface area contributed by atoms with Crippen molar-refractivity contribution in [1.29, 1.82) is 0 Å². The number of hydrogen-bond donors (Lipinski definition) is 0. The molecule has 0 radical (unpaired) electrons. The molecule has 0 aliphatic carbocycles. The third-order valence-electron chi connectivity index (χ3n) is 4.28. The summed E-state index contributed by atoms with van der Waals surface area (Å²) < 4.78 is 75.1. The molecule has 28 heavy (non-hydrogen) atoms. The van der Waals surface area contributed by atoms with Crippen LogP contribution in [0.2, 0.25) is 0 Å². The van der Waals surface area contributed by atoms with Gasteiger partial charge in [0.15, 0.2) is 17.4 Å². The Morgan fingerprint density at radius 1 is 0.964 bits per heavy atom. The topological polar surface area (TPSA) is 14.2 Å². The van der Waals surface area contributed by atoms with Crippen molar-refractivity contribution < 1.29 is 26.7 Å². The summed E-state index contributed by atoms with van der Waals surface area (Å²) >= 11 is 0. The Bertz CT molecular complexity index is 924. The summed E-state index contributed by atoms with van der Waals surface area (Å²) in [6.45, 7) is 1.23. The molecular weight excluding hydrogens is 377 g/mol. The van der Waals surface area contributed by atoms with E-state index in [4.69, 9.17) is 4.74 Å². The summed E-state index contributed by atoms with van der Waals surface area (Å²) in [6, 6.07) is 11.6. The quantitative estimate of drug-likeness (QED) is 0.447. The molecule has 3 rings (SSSR count). The van der Waals surface area contributed by atoms with Gasteiger partial charge in [0.25, 0.3) is 0 Å². The summed E-state index contributed by atoms with van der Waals surface area (Å²) in [6.07, 6.45) is -2.17. The number of rotatable bonds is 6. The third-order valence-corrected chi connectivity index (χ3v) is 4.28. The molecule has 2 nitrogen and oxygen atoms in total. The molecule has 148 valence electrons. The van der Waals surface area contributed by atoms with Gasteiger partial charge in [-0.05, 0) is 42.3 Å². The number of alkyl halides is 3. The molecule has 7 heteroatoms. The first kappa shape index (κ1) is 19.9. The van der Waals surface area contributed by atoms with Gasteiger partial charge in [-0.1, -0.05) is 31.5 Å². The first-order valence-electron chi connectivity index (χ1n) is 8.74. The van der Waals surface area contributed by atoms with E-state index in [2.05, 4.69) is 0 Å². The van der Waals surface area contributed by atoms with Gasteiger partial charge in [0, 0.05) is 11.9 Å². The molecule has 0 atom stereocenters. The van der Waals surface area contributed by atoms with Crippen LogP contribution in [0.5, 0.6) is 5.75 Å².